The van der Waals surface area contributed by atoms with Crippen LogP contribution in [0.1, 0.15) is 35.6 Å². The molecular formula is C22H24ClNO2. The highest BCUT2D eigenvalue weighted by Gasteiger charge is 2.25. The average Bonchev–Trinajstić information content (AvgIpc) is 3.14. The Hall–Kier alpha value is -2.10. The lowest BCUT2D eigenvalue weighted by Crippen LogP contribution is -2.25. The summed E-state index contributed by atoms with van der Waals surface area (Å²) in [5.74, 6) is -0.335. The van der Waals surface area contributed by atoms with Crippen LogP contribution in [-0.2, 0) is 16.0 Å². The van der Waals surface area contributed by atoms with Gasteiger partial charge in [-0.1, -0.05) is 48.0 Å². The van der Waals surface area contributed by atoms with Gasteiger partial charge in [0.25, 0.3) is 0 Å². The van der Waals surface area contributed by atoms with Gasteiger partial charge in [-0.15, -0.1) is 0 Å². The Balaban J connectivity index is 1.61. The number of ether oxygens (including phenoxy) is 1. The second kappa shape index (κ2) is 9.02. The SMILES string of the molecule is COC(=O)/C=C/c1ccc([C@@H]2CCCN2CCc2ccc(Cl)cc2)cc1. The van der Waals surface area contributed by atoms with Gasteiger partial charge in [-0.3, -0.25) is 4.90 Å². The summed E-state index contributed by atoms with van der Waals surface area (Å²) in [5, 5.41) is 0.786. The first-order valence-corrected chi connectivity index (χ1v) is 9.38. The van der Waals surface area contributed by atoms with Gasteiger partial charge in [-0.25, -0.2) is 4.79 Å². The van der Waals surface area contributed by atoms with Crippen LogP contribution in [0.25, 0.3) is 6.08 Å². The van der Waals surface area contributed by atoms with E-state index in [0.29, 0.717) is 6.04 Å². The van der Waals surface area contributed by atoms with E-state index in [9.17, 15) is 4.79 Å². The number of carbonyl (C=O) groups is 1. The standard InChI is InChI=1S/C22H24ClNO2/c1-26-22(25)13-8-17-4-9-19(10-5-17)21-3-2-15-24(21)16-14-18-6-11-20(23)12-7-18/h4-13,21H,2-3,14-16H2,1H3/b13-8+/t21-/m0/s1. The zero-order chi connectivity index (χ0) is 18.4. The number of hydrogen-bond donors (Lipinski definition) is 0. The second-order valence-corrected chi connectivity index (χ2v) is 7.03. The number of rotatable bonds is 6. The molecular weight excluding hydrogens is 346 g/mol. The van der Waals surface area contributed by atoms with Gasteiger partial charge >= 0.3 is 5.97 Å². The summed E-state index contributed by atoms with van der Waals surface area (Å²) in [5.41, 5.74) is 3.67. The first kappa shape index (κ1) is 18.7. The quantitative estimate of drug-likeness (QED) is 0.535. The Labute approximate surface area is 160 Å². The lowest BCUT2D eigenvalue weighted by Gasteiger charge is -2.25. The summed E-state index contributed by atoms with van der Waals surface area (Å²) < 4.78 is 4.62. The first-order chi connectivity index (χ1) is 12.7. The van der Waals surface area contributed by atoms with Crippen LogP contribution >= 0.6 is 11.6 Å². The first-order valence-electron chi connectivity index (χ1n) is 9.00. The molecule has 0 saturated carbocycles. The largest absolute Gasteiger partial charge is 0.466 e. The fourth-order valence-electron chi connectivity index (χ4n) is 3.46. The third kappa shape index (κ3) is 4.96. The molecule has 0 amide bonds. The topological polar surface area (TPSA) is 29.5 Å². The predicted molar refractivity (Wildman–Crippen MR) is 106 cm³/mol. The van der Waals surface area contributed by atoms with E-state index in [-0.39, 0.29) is 5.97 Å². The normalized spacial score (nSPS) is 17.7. The van der Waals surface area contributed by atoms with Gasteiger partial charge in [0, 0.05) is 23.7 Å². The Morgan fingerprint density at radius 1 is 1.19 bits per heavy atom. The van der Waals surface area contributed by atoms with Crippen LogP contribution < -0.4 is 0 Å². The monoisotopic (exact) mass is 369 g/mol. The van der Waals surface area contributed by atoms with Crippen molar-refractivity contribution in [2.75, 3.05) is 20.2 Å². The molecule has 0 unspecified atom stereocenters. The van der Waals surface area contributed by atoms with Gasteiger partial charge in [-0.05, 0) is 60.7 Å². The lowest BCUT2D eigenvalue weighted by molar-refractivity contribution is -0.134. The molecule has 0 aliphatic carbocycles. The van der Waals surface area contributed by atoms with Crippen molar-refractivity contribution in [3.05, 3.63) is 76.3 Å². The molecule has 1 aliphatic heterocycles. The summed E-state index contributed by atoms with van der Waals surface area (Å²) >= 11 is 5.96. The number of carbonyl (C=O) groups excluding carboxylic acids is 1. The van der Waals surface area contributed by atoms with E-state index in [1.54, 1.807) is 6.08 Å². The second-order valence-electron chi connectivity index (χ2n) is 6.59. The van der Waals surface area contributed by atoms with E-state index in [1.165, 1.54) is 37.2 Å². The van der Waals surface area contributed by atoms with Crippen LogP contribution in [0.4, 0.5) is 0 Å². The minimum absolute atomic E-state index is 0.335. The molecule has 0 bridgehead atoms. The van der Waals surface area contributed by atoms with Crippen molar-refractivity contribution in [3.63, 3.8) is 0 Å². The van der Waals surface area contributed by atoms with Gasteiger partial charge in [0.05, 0.1) is 7.11 Å². The van der Waals surface area contributed by atoms with Crippen LogP contribution in [0.5, 0.6) is 0 Å². The molecule has 0 spiro atoms. The Kier molecular flexibility index (Phi) is 6.48. The average molecular weight is 370 g/mol. The van der Waals surface area contributed by atoms with Crippen molar-refractivity contribution in [1.82, 2.24) is 4.90 Å². The maximum Gasteiger partial charge on any atom is 0.330 e. The molecule has 0 aromatic heterocycles. The molecule has 1 fully saturated rings. The van der Waals surface area contributed by atoms with Gasteiger partial charge in [0.2, 0.25) is 0 Å². The molecule has 2 aromatic carbocycles. The molecule has 0 N–H and O–H groups in total. The third-order valence-electron chi connectivity index (χ3n) is 4.90. The molecule has 1 saturated heterocycles. The van der Waals surface area contributed by atoms with Crippen molar-refractivity contribution >= 4 is 23.6 Å². The van der Waals surface area contributed by atoms with E-state index in [0.717, 1.165) is 30.1 Å². The molecule has 4 heteroatoms. The number of esters is 1. The Morgan fingerprint density at radius 2 is 1.92 bits per heavy atom. The van der Waals surface area contributed by atoms with E-state index in [1.807, 2.05) is 12.1 Å². The highest BCUT2D eigenvalue weighted by molar-refractivity contribution is 6.30. The minimum Gasteiger partial charge on any atom is -0.466 e. The number of halogens is 1. The zero-order valence-corrected chi connectivity index (χ0v) is 15.8. The molecule has 26 heavy (non-hydrogen) atoms. The third-order valence-corrected chi connectivity index (χ3v) is 5.15. The molecule has 136 valence electrons. The molecule has 1 atom stereocenters. The molecule has 0 radical (unpaired) electrons. The fourth-order valence-corrected chi connectivity index (χ4v) is 3.58. The number of benzene rings is 2. The summed E-state index contributed by atoms with van der Waals surface area (Å²) in [7, 11) is 1.38. The molecule has 3 rings (SSSR count). The van der Waals surface area contributed by atoms with Gasteiger partial charge < -0.3 is 4.74 Å². The summed E-state index contributed by atoms with van der Waals surface area (Å²) in [4.78, 5) is 13.8. The number of hydrogen-bond acceptors (Lipinski definition) is 3. The highest BCUT2D eigenvalue weighted by Crippen LogP contribution is 2.32. The summed E-state index contributed by atoms with van der Waals surface area (Å²) in [6, 6.07) is 17.1. The van der Waals surface area contributed by atoms with Gasteiger partial charge in [-0.2, -0.15) is 0 Å². The zero-order valence-electron chi connectivity index (χ0n) is 15.0. The predicted octanol–water partition coefficient (Wildman–Crippen LogP) is 4.91. The van der Waals surface area contributed by atoms with Crippen molar-refractivity contribution in [2.24, 2.45) is 0 Å². The molecule has 2 aromatic rings. The van der Waals surface area contributed by atoms with E-state index >= 15 is 0 Å². The van der Waals surface area contributed by atoms with E-state index in [2.05, 4.69) is 46.0 Å². The van der Waals surface area contributed by atoms with Gasteiger partial charge in [0.15, 0.2) is 0 Å². The summed E-state index contributed by atoms with van der Waals surface area (Å²) in [6.07, 6.45) is 6.69. The van der Waals surface area contributed by atoms with Crippen molar-refractivity contribution < 1.29 is 9.53 Å². The van der Waals surface area contributed by atoms with E-state index in [4.69, 9.17) is 11.6 Å². The number of nitrogens with zero attached hydrogens (tertiary/aromatic N) is 1. The van der Waals surface area contributed by atoms with Crippen molar-refractivity contribution in [3.8, 4) is 0 Å². The van der Waals surface area contributed by atoms with Crippen LogP contribution in [0, 0.1) is 0 Å². The van der Waals surface area contributed by atoms with Gasteiger partial charge in [0.1, 0.15) is 0 Å². The molecule has 3 nitrogen and oxygen atoms in total. The maximum absolute atomic E-state index is 11.2. The molecule has 1 aliphatic rings. The van der Waals surface area contributed by atoms with Crippen LogP contribution in [0.15, 0.2) is 54.6 Å². The van der Waals surface area contributed by atoms with Crippen LogP contribution in [0.2, 0.25) is 5.02 Å². The minimum atomic E-state index is -0.335. The van der Waals surface area contributed by atoms with Crippen molar-refractivity contribution in [1.29, 1.82) is 0 Å². The summed E-state index contributed by atoms with van der Waals surface area (Å²) in [6.45, 7) is 2.19. The molecule has 1 heterocycles. The number of likely N-dealkylation sites (tertiary alicyclic amines) is 1. The Bertz CT molecular complexity index is 753. The van der Waals surface area contributed by atoms with E-state index < -0.39 is 0 Å². The van der Waals surface area contributed by atoms with Crippen LogP contribution in [-0.4, -0.2) is 31.1 Å². The Morgan fingerprint density at radius 3 is 2.62 bits per heavy atom. The van der Waals surface area contributed by atoms with Crippen molar-refractivity contribution in [2.45, 2.75) is 25.3 Å². The fraction of sp³-hybridized carbons (Fsp3) is 0.318. The lowest BCUT2D eigenvalue weighted by atomic mass is 10.0. The number of methoxy groups -OCH3 is 1. The smallest absolute Gasteiger partial charge is 0.330 e. The van der Waals surface area contributed by atoms with Crippen LogP contribution in [0.3, 0.4) is 0 Å². The highest BCUT2D eigenvalue weighted by atomic mass is 35.5. The maximum atomic E-state index is 11.2.